The predicted molar refractivity (Wildman–Crippen MR) is 73.5 cm³/mol. The molecule has 0 atom stereocenters. The summed E-state index contributed by atoms with van der Waals surface area (Å²) in [5.74, 6) is 0.923. The minimum Gasteiger partial charge on any atom is -0.496 e. The number of rotatable bonds is 4. The van der Waals surface area contributed by atoms with Gasteiger partial charge in [0.2, 0.25) is 0 Å². The summed E-state index contributed by atoms with van der Waals surface area (Å²) in [4.78, 5) is 0. The fourth-order valence-corrected chi connectivity index (χ4v) is 1.92. The molecule has 2 aromatic rings. The highest BCUT2D eigenvalue weighted by atomic mass is 16.5. The van der Waals surface area contributed by atoms with Crippen LogP contribution < -0.4 is 10.1 Å². The average Bonchev–Trinajstić information content (AvgIpc) is 2.39. The van der Waals surface area contributed by atoms with Gasteiger partial charge in [-0.3, -0.25) is 0 Å². The van der Waals surface area contributed by atoms with Crippen LogP contribution in [0.15, 0.2) is 42.5 Å². The lowest BCUT2D eigenvalue weighted by Crippen LogP contribution is -2.03. The van der Waals surface area contributed by atoms with Gasteiger partial charge in [-0.05, 0) is 24.1 Å². The van der Waals surface area contributed by atoms with E-state index in [4.69, 9.17) is 4.74 Å². The molecule has 88 valence electrons. The van der Waals surface area contributed by atoms with Crippen LogP contribution in [-0.2, 0) is 0 Å². The van der Waals surface area contributed by atoms with Crippen LogP contribution in [0.5, 0.6) is 5.75 Å². The lowest BCUT2D eigenvalue weighted by atomic mass is 10.0. The molecular formula is C15H17NO. The van der Waals surface area contributed by atoms with Crippen molar-refractivity contribution < 1.29 is 4.74 Å². The topological polar surface area (TPSA) is 21.3 Å². The molecule has 0 unspecified atom stereocenters. The number of likely N-dealkylation sites (N-methyl/N-ethyl adjacent to an activating group) is 1. The molecule has 0 saturated heterocycles. The van der Waals surface area contributed by atoms with Gasteiger partial charge in [-0.25, -0.2) is 0 Å². The number of fused-ring (bicyclic) bond motifs is 1. The van der Waals surface area contributed by atoms with E-state index in [-0.39, 0.29) is 0 Å². The highest BCUT2D eigenvalue weighted by Gasteiger charge is 2.03. The largest absolute Gasteiger partial charge is 0.496 e. The summed E-state index contributed by atoms with van der Waals surface area (Å²) in [5, 5.41) is 5.47. The minimum absolute atomic E-state index is 0.875. The van der Waals surface area contributed by atoms with E-state index in [1.54, 1.807) is 7.11 Å². The maximum absolute atomic E-state index is 5.37. The number of benzene rings is 2. The van der Waals surface area contributed by atoms with Gasteiger partial charge in [0, 0.05) is 11.9 Å². The Kier molecular flexibility index (Phi) is 3.78. The zero-order valence-corrected chi connectivity index (χ0v) is 10.2. The first-order chi connectivity index (χ1) is 8.36. The van der Waals surface area contributed by atoms with Gasteiger partial charge in [0.1, 0.15) is 5.75 Å². The summed E-state index contributed by atoms with van der Waals surface area (Å²) in [7, 11) is 3.65. The Morgan fingerprint density at radius 2 is 1.88 bits per heavy atom. The summed E-state index contributed by atoms with van der Waals surface area (Å²) in [5.41, 5.74) is 1.22. The van der Waals surface area contributed by atoms with Crippen LogP contribution in [-0.4, -0.2) is 20.7 Å². The third-order valence-corrected chi connectivity index (χ3v) is 2.76. The molecule has 0 saturated carbocycles. The molecule has 0 aromatic heterocycles. The molecule has 2 rings (SSSR count). The summed E-state index contributed by atoms with van der Waals surface area (Å²) in [6, 6.07) is 12.4. The molecule has 2 nitrogen and oxygen atoms in total. The van der Waals surface area contributed by atoms with Crippen molar-refractivity contribution in [3.63, 3.8) is 0 Å². The van der Waals surface area contributed by atoms with E-state index in [9.17, 15) is 0 Å². The van der Waals surface area contributed by atoms with Crippen LogP contribution in [0.3, 0.4) is 0 Å². The van der Waals surface area contributed by atoms with Crippen LogP contribution >= 0.6 is 0 Å². The highest BCUT2D eigenvalue weighted by molar-refractivity contribution is 5.94. The fourth-order valence-electron chi connectivity index (χ4n) is 1.92. The zero-order chi connectivity index (χ0) is 12.1. The van der Waals surface area contributed by atoms with Crippen LogP contribution in [0.1, 0.15) is 5.56 Å². The van der Waals surface area contributed by atoms with E-state index in [1.807, 2.05) is 19.2 Å². The Morgan fingerprint density at radius 1 is 1.12 bits per heavy atom. The predicted octanol–water partition coefficient (Wildman–Crippen LogP) is 3.08. The summed E-state index contributed by atoms with van der Waals surface area (Å²) >= 11 is 0. The van der Waals surface area contributed by atoms with Gasteiger partial charge in [0.15, 0.2) is 0 Å². The highest BCUT2D eigenvalue weighted by Crippen LogP contribution is 2.28. The van der Waals surface area contributed by atoms with Gasteiger partial charge in [0.05, 0.1) is 7.11 Å². The van der Waals surface area contributed by atoms with Crippen molar-refractivity contribution >= 4 is 16.8 Å². The Bertz CT molecular complexity index is 531. The summed E-state index contributed by atoms with van der Waals surface area (Å²) in [6.45, 7) is 0.875. The third-order valence-electron chi connectivity index (χ3n) is 2.76. The van der Waals surface area contributed by atoms with Gasteiger partial charge in [-0.2, -0.15) is 0 Å². The number of ether oxygens (including phenoxy) is 1. The van der Waals surface area contributed by atoms with Crippen LogP contribution in [0.2, 0.25) is 0 Å². The van der Waals surface area contributed by atoms with Crippen LogP contribution in [0, 0.1) is 0 Å². The lowest BCUT2D eigenvalue weighted by Gasteiger charge is -2.07. The van der Waals surface area contributed by atoms with E-state index < -0.39 is 0 Å². The maximum atomic E-state index is 5.37. The van der Waals surface area contributed by atoms with Crippen molar-refractivity contribution in [2.24, 2.45) is 0 Å². The van der Waals surface area contributed by atoms with Gasteiger partial charge in [-0.1, -0.05) is 42.5 Å². The number of hydrogen-bond donors (Lipinski definition) is 1. The lowest BCUT2D eigenvalue weighted by molar-refractivity contribution is 0.420. The molecule has 0 spiro atoms. The number of hydrogen-bond acceptors (Lipinski definition) is 2. The van der Waals surface area contributed by atoms with Gasteiger partial charge in [-0.15, -0.1) is 0 Å². The van der Waals surface area contributed by atoms with Crippen molar-refractivity contribution in [3.8, 4) is 5.75 Å². The van der Waals surface area contributed by atoms with Crippen molar-refractivity contribution in [3.05, 3.63) is 48.0 Å². The maximum Gasteiger partial charge on any atom is 0.126 e. The van der Waals surface area contributed by atoms with Gasteiger partial charge < -0.3 is 10.1 Å². The van der Waals surface area contributed by atoms with Gasteiger partial charge in [0.25, 0.3) is 0 Å². The Labute approximate surface area is 102 Å². The molecule has 0 heterocycles. The SMILES string of the molecule is CNCC=Cc1ccc(OC)c2ccccc12. The first kappa shape index (κ1) is 11.7. The molecule has 0 radical (unpaired) electrons. The molecule has 1 N–H and O–H groups in total. The first-order valence-corrected chi connectivity index (χ1v) is 5.73. The van der Waals surface area contributed by atoms with Gasteiger partial charge >= 0.3 is 0 Å². The molecule has 0 aliphatic rings. The Balaban J connectivity index is 2.51. The molecule has 0 aliphatic heterocycles. The van der Waals surface area contributed by atoms with Crippen LogP contribution in [0.4, 0.5) is 0 Å². The molecular weight excluding hydrogens is 210 g/mol. The number of methoxy groups -OCH3 is 1. The molecule has 0 aliphatic carbocycles. The standard InChI is InChI=1S/C15H17NO/c1-16-11-5-6-12-9-10-15(17-2)14-8-4-3-7-13(12)14/h3-10,16H,11H2,1-2H3. The van der Waals surface area contributed by atoms with Crippen molar-refractivity contribution in [1.29, 1.82) is 0 Å². The van der Waals surface area contributed by atoms with E-state index in [0.717, 1.165) is 17.7 Å². The monoisotopic (exact) mass is 227 g/mol. The minimum atomic E-state index is 0.875. The second kappa shape index (κ2) is 5.51. The molecule has 2 heteroatoms. The molecule has 17 heavy (non-hydrogen) atoms. The second-order valence-corrected chi connectivity index (χ2v) is 3.86. The van der Waals surface area contributed by atoms with E-state index in [1.165, 1.54) is 10.9 Å². The number of nitrogens with one attached hydrogen (secondary N) is 1. The normalized spacial score (nSPS) is 11.2. The quantitative estimate of drug-likeness (QED) is 0.866. The molecule has 2 aromatic carbocycles. The van der Waals surface area contributed by atoms with E-state index in [0.29, 0.717) is 0 Å². The Hall–Kier alpha value is -1.80. The molecule has 0 amide bonds. The first-order valence-electron chi connectivity index (χ1n) is 5.73. The fraction of sp³-hybridized carbons (Fsp3) is 0.200. The van der Waals surface area contributed by atoms with E-state index in [2.05, 4.69) is 41.7 Å². The second-order valence-electron chi connectivity index (χ2n) is 3.86. The van der Waals surface area contributed by atoms with Crippen molar-refractivity contribution in [2.75, 3.05) is 20.7 Å². The molecule has 0 bridgehead atoms. The summed E-state index contributed by atoms with van der Waals surface area (Å²) in [6.07, 6.45) is 4.26. The van der Waals surface area contributed by atoms with E-state index >= 15 is 0 Å². The third kappa shape index (κ3) is 2.48. The smallest absolute Gasteiger partial charge is 0.126 e. The zero-order valence-electron chi connectivity index (χ0n) is 10.2. The van der Waals surface area contributed by atoms with Crippen molar-refractivity contribution in [2.45, 2.75) is 0 Å². The van der Waals surface area contributed by atoms with Crippen molar-refractivity contribution in [1.82, 2.24) is 5.32 Å². The average molecular weight is 227 g/mol. The summed E-state index contributed by atoms with van der Waals surface area (Å²) < 4.78 is 5.37. The molecule has 0 fully saturated rings. The van der Waals surface area contributed by atoms with Crippen LogP contribution in [0.25, 0.3) is 16.8 Å². The Morgan fingerprint density at radius 3 is 2.59 bits per heavy atom.